The van der Waals surface area contributed by atoms with Crippen molar-refractivity contribution in [2.75, 3.05) is 11.9 Å². The molecule has 0 saturated heterocycles. The summed E-state index contributed by atoms with van der Waals surface area (Å²) in [5, 5.41) is 13.8. The molecule has 1 N–H and O–H groups in total. The molecule has 6 nitrogen and oxygen atoms in total. The lowest BCUT2D eigenvalue weighted by atomic mass is 10.1. The number of hydrogen-bond acceptors (Lipinski definition) is 4. The van der Waals surface area contributed by atoms with Gasteiger partial charge in [-0.15, -0.1) is 0 Å². The highest BCUT2D eigenvalue weighted by atomic mass is 16.6. The summed E-state index contributed by atoms with van der Waals surface area (Å²) >= 11 is 0. The zero-order valence-electron chi connectivity index (χ0n) is 15.2. The lowest BCUT2D eigenvalue weighted by molar-refractivity contribution is -0.385. The Hall–Kier alpha value is -2.89. The monoisotopic (exact) mass is 356 g/mol. The number of carbonyl (C=O) groups is 1. The molecule has 138 valence electrons. The number of nitro groups is 1. The molecule has 2 rings (SSSR count). The molecule has 0 heterocycles. The predicted molar refractivity (Wildman–Crippen MR) is 102 cm³/mol. The minimum Gasteiger partial charge on any atom is -0.493 e. The van der Waals surface area contributed by atoms with Crippen LogP contribution in [0.25, 0.3) is 0 Å². The molecule has 0 bridgehead atoms. The molecular weight excluding hydrogens is 332 g/mol. The Morgan fingerprint density at radius 3 is 2.62 bits per heavy atom. The molecule has 0 aliphatic heterocycles. The van der Waals surface area contributed by atoms with Gasteiger partial charge in [-0.3, -0.25) is 14.9 Å². The first-order valence-corrected chi connectivity index (χ1v) is 8.81. The molecule has 2 aromatic carbocycles. The Balaban J connectivity index is 2.11. The summed E-state index contributed by atoms with van der Waals surface area (Å²) in [6, 6.07) is 11.6. The largest absolute Gasteiger partial charge is 0.493 e. The van der Waals surface area contributed by atoms with Crippen molar-refractivity contribution in [1.82, 2.24) is 0 Å². The molecule has 0 fully saturated rings. The molecule has 1 amide bonds. The highest BCUT2D eigenvalue weighted by molar-refractivity contribution is 6.06. The minimum absolute atomic E-state index is 0.0248. The van der Waals surface area contributed by atoms with Crippen molar-refractivity contribution in [2.45, 2.75) is 39.5 Å². The van der Waals surface area contributed by atoms with Crippen molar-refractivity contribution < 1.29 is 14.5 Å². The van der Waals surface area contributed by atoms with Crippen molar-refractivity contribution in [1.29, 1.82) is 0 Å². The molecule has 0 aliphatic carbocycles. The molecule has 0 radical (unpaired) electrons. The maximum atomic E-state index is 12.6. The van der Waals surface area contributed by atoms with Gasteiger partial charge in [0.25, 0.3) is 11.6 Å². The number of amides is 1. The highest BCUT2D eigenvalue weighted by Crippen LogP contribution is 2.26. The number of nitrogens with zero attached hydrogens (tertiary/aromatic N) is 1. The van der Waals surface area contributed by atoms with Gasteiger partial charge in [-0.2, -0.15) is 0 Å². The van der Waals surface area contributed by atoms with Crippen LogP contribution >= 0.6 is 0 Å². The second kappa shape index (κ2) is 9.56. The number of hydrogen-bond donors (Lipinski definition) is 1. The van der Waals surface area contributed by atoms with E-state index in [9.17, 15) is 14.9 Å². The second-order valence-corrected chi connectivity index (χ2v) is 6.07. The van der Waals surface area contributed by atoms with Crippen LogP contribution in [0.4, 0.5) is 11.4 Å². The first kappa shape index (κ1) is 19.4. The fourth-order valence-corrected chi connectivity index (χ4v) is 2.64. The third kappa shape index (κ3) is 5.05. The fraction of sp³-hybridized carbons (Fsp3) is 0.350. The van der Waals surface area contributed by atoms with Gasteiger partial charge in [-0.1, -0.05) is 44.4 Å². The van der Waals surface area contributed by atoms with Crippen LogP contribution in [0.15, 0.2) is 42.5 Å². The Kier molecular flexibility index (Phi) is 7.14. The summed E-state index contributed by atoms with van der Waals surface area (Å²) in [6.07, 6.45) is 4.35. The highest BCUT2D eigenvalue weighted by Gasteiger charge is 2.17. The molecule has 0 spiro atoms. The van der Waals surface area contributed by atoms with Gasteiger partial charge in [0.15, 0.2) is 0 Å². The van der Waals surface area contributed by atoms with Gasteiger partial charge < -0.3 is 10.1 Å². The van der Waals surface area contributed by atoms with E-state index in [1.165, 1.54) is 6.07 Å². The number of anilines is 1. The maximum Gasteiger partial charge on any atom is 0.274 e. The van der Waals surface area contributed by atoms with E-state index in [4.69, 9.17) is 4.74 Å². The number of nitro benzene ring substituents is 1. The van der Waals surface area contributed by atoms with Crippen LogP contribution in [-0.4, -0.2) is 17.4 Å². The number of benzene rings is 2. The SMILES string of the molecule is CCCCCCOc1ccccc1C(=O)Nc1cccc([N+](=O)[O-])c1C. The standard InChI is InChI=1S/C20H24N2O4/c1-3-4-5-8-14-26-19-13-7-6-10-16(19)20(23)21-17-11-9-12-18(15(17)2)22(24)25/h6-7,9-13H,3-5,8,14H2,1-2H3,(H,21,23). The van der Waals surface area contributed by atoms with Crippen LogP contribution in [-0.2, 0) is 0 Å². The van der Waals surface area contributed by atoms with Crippen molar-refractivity contribution in [3.8, 4) is 5.75 Å². The summed E-state index contributed by atoms with van der Waals surface area (Å²) in [4.78, 5) is 23.2. The average molecular weight is 356 g/mol. The van der Waals surface area contributed by atoms with Gasteiger partial charge in [0.2, 0.25) is 0 Å². The maximum absolute atomic E-state index is 12.6. The Morgan fingerprint density at radius 2 is 1.88 bits per heavy atom. The molecule has 0 atom stereocenters. The number of para-hydroxylation sites is 1. The molecular formula is C20H24N2O4. The van der Waals surface area contributed by atoms with Crippen molar-refractivity contribution in [3.05, 3.63) is 63.7 Å². The average Bonchev–Trinajstić information content (AvgIpc) is 2.63. The van der Waals surface area contributed by atoms with Gasteiger partial charge >= 0.3 is 0 Å². The van der Waals surface area contributed by atoms with Crippen LogP contribution in [0.5, 0.6) is 5.75 Å². The lowest BCUT2D eigenvalue weighted by Crippen LogP contribution is -2.15. The van der Waals surface area contributed by atoms with E-state index in [1.54, 1.807) is 37.3 Å². The second-order valence-electron chi connectivity index (χ2n) is 6.07. The lowest BCUT2D eigenvalue weighted by Gasteiger charge is -2.13. The van der Waals surface area contributed by atoms with Crippen molar-refractivity contribution >= 4 is 17.3 Å². The smallest absolute Gasteiger partial charge is 0.274 e. The minimum atomic E-state index is -0.460. The normalized spacial score (nSPS) is 10.4. The topological polar surface area (TPSA) is 81.5 Å². The predicted octanol–water partition coefficient (Wildman–Crippen LogP) is 5.11. The summed E-state index contributed by atoms with van der Waals surface area (Å²) in [5.74, 6) is 0.169. The molecule has 2 aromatic rings. The van der Waals surface area contributed by atoms with Crippen LogP contribution in [0.2, 0.25) is 0 Å². The van der Waals surface area contributed by atoms with Crippen molar-refractivity contribution in [2.24, 2.45) is 0 Å². The van der Waals surface area contributed by atoms with E-state index in [2.05, 4.69) is 12.2 Å². The van der Waals surface area contributed by atoms with E-state index in [0.29, 0.717) is 29.2 Å². The zero-order chi connectivity index (χ0) is 18.9. The summed E-state index contributed by atoms with van der Waals surface area (Å²) in [7, 11) is 0. The third-order valence-corrected chi connectivity index (χ3v) is 4.14. The molecule has 0 aliphatic rings. The first-order chi connectivity index (χ1) is 12.5. The number of ether oxygens (including phenoxy) is 1. The summed E-state index contributed by atoms with van der Waals surface area (Å²) < 4.78 is 5.77. The van der Waals surface area contributed by atoms with Gasteiger partial charge in [0, 0.05) is 6.07 Å². The van der Waals surface area contributed by atoms with Crippen LogP contribution in [0.1, 0.15) is 48.5 Å². The van der Waals surface area contributed by atoms with Gasteiger partial charge in [-0.25, -0.2) is 0 Å². The number of rotatable bonds is 9. The first-order valence-electron chi connectivity index (χ1n) is 8.81. The van der Waals surface area contributed by atoms with Crippen molar-refractivity contribution in [3.63, 3.8) is 0 Å². The van der Waals surface area contributed by atoms with E-state index < -0.39 is 4.92 Å². The van der Waals surface area contributed by atoms with E-state index in [-0.39, 0.29) is 11.6 Å². The number of unbranched alkanes of at least 4 members (excludes halogenated alkanes) is 3. The molecule has 6 heteroatoms. The number of carbonyl (C=O) groups excluding carboxylic acids is 1. The fourth-order valence-electron chi connectivity index (χ4n) is 2.64. The zero-order valence-corrected chi connectivity index (χ0v) is 15.2. The molecule has 0 saturated carbocycles. The Morgan fingerprint density at radius 1 is 1.12 bits per heavy atom. The quantitative estimate of drug-likeness (QED) is 0.384. The van der Waals surface area contributed by atoms with Crippen LogP contribution in [0, 0.1) is 17.0 Å². The van der Waals surface area contributed by atoms with E-state index in [0.717, 1.165) is 25.7 Å². The molecule has 0 aromatic heterocycles. The van der Waals surface area contributed by atoms with Gasteiger partial charge in [0.05, 0.1) is 28.3 Å². The third-order valence-electron chi connectivity index (χ3n) is 4.14. The molecule has 26 heavy (non-hydrogen) atoms. The van der Waals surface area contributed by atoms with Crippen LogP contribution < -0.4 is 10.1 Å². The van der Waals surface area contributed by atoms with Gasteiger partial charge in [0.1, 0.15) is 5.75 Å². The Bertz CT molecular complexity index is 774. The molecule has 0 unspecified atom stereocenters. The van der Waals surface area contributed by atoms with E-state index >= 15 is 0 Å². The Labute approximate surface area is 153 Å². The van der Waals surface area contributed by atoms with E-state index in [1.807, 2.05) is 6.07 Å². The summed E-state index contributed by atoms with van der Waals surface area (Å²) in [5.41, 5.74) is 1.22. The number of nitrogens with one attached hydrogen (secondary N) is 1. The van der Waals surface area contributed by atoms with Crippen LogP contribution in [0.3, 0.4) is 0 Å². The van der Waals surface area contributed by atoms with Gasteiger partial charge in [-0.05, 0) is 31.5 Å². The summed E-state index contributed by atoms with van der Waals surface area (Å²) in [6.45, 7) is 4.32.